The second-order valence-corrected chi connectivity index (χ2v) is 6.04. The summed E-state index contributed by atoms with van der Waals surface area (Å²) in [4.78, 5) is 2.25. The first-order valence-corrected chi connectivity index (χ1v) is 7.92. The normalized spacial score (nSPS) is 20.6. The third-order valence-corrected chi connectivity index (χ3v) is 4.40. The highest BCUT2D eigenvalue weighted by atomic mass is 19.1. The number of ether oxygens (including phenoxy) is 1. The molecule has 2 aromatic rings. The lowest BCUT2D eigenvalue weighted by molar-refractivity contribution is -0.0324. The van der Waals surface area contributed by atoms with Gasteiger partial charge in [0.05, 0.1) is 19.5 Å². The van der Waals surface area contributed by atoms with E-state index in [0.29, 0.717) is 31.9 Å². The molecule has 0 spiro atoms. The third kappa shape index (κ3) is 3.99. The van der Waals surface area contributed by atoms with Crippen molar-refractivity contribution in [1.82, 2.24) is 4.90 Å². The van der Waals surface area contributed by atoms with Gasteiger partial charge in [0.25, 0.3) is 0 Å². The fourth-order valence-corrected chi connectivity index (χ4v) is 3.00. The van der Waals surface area contributed by atoms with Crippen LogP contribution in [0.3, 0.4) is 0 Å². The van der Waals surface area contributed by atoms with Gasteiger partial charge in [-0.1, -0.05) is 6.07 Å². The topological polar surface area (TPSA) is 45.8 Å². The Hall–Kier alpha value is -1.69. The summed E-state index contributed by atoms with van der Waals surface area (Å²) in [6.07, 6.45) is 1.43. The van der Waals surface area contributed by atoms with Gasteiger partial charge in [0.2, 0.25) is 0 Å². The van der Waals surface area contributed by atoms with Gasteiger partial charge in [-0.15, -0.1) is 0 Å². The molecule has 0 bridgehead atoms. The van der Waals surface area contributed by atoms with Crippen LogP contribution in [0.4, 0.5) is 4.39 Å². The van der Waals surface area contributed by atoms with Gasteiger partial charge in [0.15, 0.2) is 0 Å². The van der Waals surface area contributed by atoms with Gasteiger partial charge in [0.1, 0.15) is 17.7 Å². The summed E-state index contributed by atoms with van der Waals surface area (Å²) in [6.45, 7) is 4.63. The van der Waals surface area contributed by atoms with Gasteiger partial charge >= 0.3 is 0 Å². The molecule has 23 heavy (non-hydrogen) atoms. The lowest BCUT2D eigenvalue weighted by Gasteiger charge is -2.36. The number of nitrogens with zero attached hydrogens (tertiary/aromatic N) is 1. The highest BCUT2D eigenvalue weighted by molar-refractivity contribution is 5.26. The van der Waals surface area contributed by atoms with Crippen molar-refractivity contribution >= 4 is 0 Å². The molecule has 3 rings (SSSR count). The van der Waals surface area contributed by atoms with E-state index >= 15 is 0 Å². The number of morpholine rings is 1. The van der Waals surface area contributed by atoms with Crippen molar-refractivity contribution in [1.29, 1.82) is 0 Å². The van der Waals surface area contributed by atoms with E-state index in [1.165, 1.54) is 6.07 Å². The molecule has 0 amide bonds. The molecule has 1 aliphatic rings. The van der Waals surface area contributed by atoms with Crippen LogP contribution >= 0.6 is 0 Å². The van der Waals surface area contributed by atoms with Gasteiger partial charge in [-0.3, -0.25) is 4.90 Å². The number of benzene rings is 1. The minimum atomic E-state index is -0.659. The molecule has 5 heteroatoms. The van der Waals surface area contributed by atoms with E-state index in [4.69, 9.17) is 9.15 Å². The quantitative estimate of drug-likeness (QED) is 0.920. The van der Waals surface area contributed by atoms with E-state index in [-0.39, 0.29) is 11.9 Å². The summed E-state index contributed by atoms with van der Waals surface area (Å²) in [6, 6.07) is 8.49. The summed E-state index contributed by atoms with van der Waals surface area (Å²) in [5, 5.41) is 10.3. The van der Waals surface area contributed by atoms with Gasteiger partial charge in [0, 0.05) is 19.1 Å². The minimum absolute atomic E-state index is 0.0755. The van der Waals surface area contributed by atoms with Gasteiger partial charge in [-0.05, 0) is 48.7 Å². The van der Waals surface area contributed by atoms with Crippen LogP contribution in [-0.2, 0) is 11.3 Å². The molecule has 0 aliphatic carbocycles. The molecule has 1 fully saturated rings. The maximum Gasteiger partial charge on any atom is 0.132 e. The molecule has 1 aromatic carbocycles. The second-order valence-electron chi connectivity index (χ2n) is 6.04. The highest BCUT2D eigenvalue weighted by Crippen LogP contribution is 2.25. The average molecular weight is 319 g/mol. The van der Waals surface area contributed by atoms with Crippen LogP contribution in [0.2, 0.25) is 0 Å². The molecule has 0 saturated carbocycles. The Kier molecular flexibility index (Phi) is 5.10. The monoisotopic (exact) mass is 319 g/mol. The van der Waals surface area contributed by atoms with Gasteiger partial charge < -0.3 is 14.3 Å². The Bertz CT molecular complexity index is 629. The first-order chi connectivity index (χ1) is 11.1. The number of aliphatic hydroxyl groups excluding tert-OH is 1. The zero-order valence-electron chi connectivity index (χ0n) is 13.2. The summed E-state index contributed by atoms with van der Waals surface area (Å²) < 4.78 is 24.3. The van der Waals surface area contributed by atoms with E-state index < -0.39 is 6.10 Å². The first-order valence-electron chi connectivity index (χ1n) is 7.92. The number of aryl methyl sites for hydroxylation is 1. The Morgan fingerprint density at radius 3 is 3.04 bits per heavy atom. The lowest BCUT2D eigenvalue weighted by Crippen LogP contribution is -2.45. The first kappa shape index (κ1) is 16.2. The van der Waals surface area contributed by atoms with Crippen LogP contribution in [0.15, 0.2) is 41.0 Å². The van der Waals surface area contributed by atoms with Crippen molar-refractivity contribution in [2.75, 3.05) is 19.8 Å². The molecule has 4 nitrogen and oxygen atoms in total. The largest absolute Gasteiger partial charge is 0.467 e. The van der Waals surface area contributed by atoms with Crippen LogP contribution in [0, 0.1) is 12.7 Å². The molecule has 2 heterocycles. The zero-order valence-corrected chi connectivity index (χ0v) is 13.2. The van der Waals surface area contributed by atoms with Crippen molar-refractivity contribution < 1.29 is 18.7 Å². The predicted octanol–water partition coefficient (Wildman–Crippen LogP) is 3.05. The SMILES string of the molecule is Cc1ccc(F)cc1CN1CCOCC1CC(O)c1ccco1. The summed E-state index contributed by atoms with van der Waals surface area (Å²) in [5.41, 5.74) is 2.05. The lowest BCUT2D eigenvalue weighted by atomic mass is 10.0. The molecule has 1 N–H and O–H groups in total. The molecule has 1 aliphatic heterocycles. The number of hydrogen-bond donors (Lipinski definition) is 1. The molecule has 1 saturated heterocycles. The van der Waals surface area contributed by atoms with Crippen LogP contribution in [0.5, 0.6) is 0 Å². The number of halogens is 1. The molecule has 2 unspecified atom stereocenters. The fraction of sp³-hybridized carbons (Fsp3) is 0.444. The Morgan fingerprint density at radius 1 is 1.39 bits per heavy atom. The van der Waals surface area contributed by atoms with Gasteiger partial charge in [-0.2, -0.15) is 0 Å². The van der Waals surface area contributed by atoms with Crippen molar-refractivity contribution in [3.8, 4) is 0 Å². The molecular weight excluding hydrogens is 297 g/mol. The third-order valence-electron chi connectivity index (χ3n) is 4.40. The molecule has 124 valence electrons. The van der Waals surface area contributed by atoms with E-state index in [1.807, 2.05) is 6.92 Å². The predicted molar refractivity (Wildman–Crippen MR) is 84.4 cm³/mol. The van der Waals surface area contributed by atoms with Crippen LogP contribution < -0.4 is 0 Å². The smallest absolute Gasteiger partial charge is 0.132 e. The molecular formula is C18H22FNO3. The van der Waals surface area contributed by atoms with Crippen molar-refractivity contribution in [3.05, 3.63) is 59.3 Å². The summed E-state index contributed by atoms with van der Waals surface area (Å²) in [5.74, 6) is 0.350. The maximum absolute atomic E-state index is 13.5. The number of aliphatic hydroxyl groups is 1. The standard InChI is InChI=1S/C18H22FNO3/c1-13-4-5-15(19)9-14(13)11-20-6-8-22-12-16(20)10-17(21)18-3-2-7-23-18/h2-5,7,9,16-17,21H,6,8,10-12H2,1H3. The second kappa shape index (κ2) is 7.25. The van der Waals surface area contributed by atoms with Crippen molar-refractivity contribution in [3.63, 3.8) is 0 Å². The Balaban J connectivity index is 1.70. The Morgan fingerprint density at radius 2 is 2.26 bits per heavy atom. The molecule has 2 atom stereocenters. The van der Waals surface area contributed by atoms with E-state index in [9.17, 15) is 9.50 Å². The fourth-order valence-electron chi connectivity index (χ4n) is 3.00. The van der Waals surface area contributed by atoms with Crippen molar-refractivity contribution in [2.45, 2.75) is 32.0 Å². The van der Waals surface area contributed by atoms with E-state index in [0.717, 1.165) is 17.7 Å². The minimum Gasteiger partial charge on any atom is -0.467 e. The molecule has 1 aromatic heterocycles. The zero-order chi connectivity index (χ0) is 16.2. The molecule has 0 radical (unpaired) electrons. The number of hydrogen-bond acceptors (Lipinski definition) is 4. The average Bonchev–Trinajstić information content (AvgIpc) is 3.07. The van der Waals surface area contributed by atoms with Gasteiger partial charge in [-0.25, -0.2) is 4.39 Å². The van der Waals surface area contributed by atoms with E-state index in [2.05, 4.69) is 4.90 Å². The maximum atomic E-state index is 13.5. The van der Waals surface area contributed by atoms with Crippen LogP contribution in [-0.4, -0.2) is 35.8 Å². The Labute approximate surface area is 135 Å². The highest BCUT2D eigenvalue weighted by Gasteiger charge is 2.27. The summed E-state index contributed by atoms with van der Waals surface area (Å²) in [7, 11) is 0. The summed E-state index contributed by atoms with van der Waals surface area (Å²) >= 11 is 0. The van der Waals surface area contributed by atoms with Crippen molar-refractivity contribution in [2.24, 2.45) is 0 Å². The van der Waals surface area contributed by atoms with Crippen LogP contribution in [0.25, 0.3) is 0 Å². The van der Waals surface area contributed by atoms with E-state index in [1.54, 1.807) is 30.5 Å². The van der Waals surface area contributed by atoms with Crippen LogP contribution in [0.1, 0.15) is 29.4 Å². The number of rotatable bonds is 5. The number of furan rings is 1.